The Morgan fingerprint density at radius 2 is 1.81 bits per heavy atom. The summed E-state index contributed by atoms with van der Waals surface area (Å²) in [5, 5.41) is 8.77. The van der Waals surface area contributed by atoms with Crippen LogP contribution in [0.5, 0.6) is 0 Å². The van der Waals surface area contributed by atoms with Crippen molar-refractivity contribution in [2.75, 3.05) is 0 Å². The van der Waals surface area contributed by atoms with Gasteiger partial charge in [-0.25, -0.2) is 0 Å². The zero-order valence-electron chi connectivity index (χ0n) is 12.3. The fourth-order valence-corrected chi connectivity index (χ4v) is 2.47. The van der Waals surface area contributed by atoms with Gasteiger partial charge in [0.25, 0.3) is 0 Å². The predicted octanol–water partition coefficient (Wildman–Crippen LogP) is 3.94. The first kappa shape index (κ1) is 13.8. The van der Waals surface area contributed by atoms with E-state index in [0.29, 0.717) is 6.04 Å². The Bertz CT molecular complexity index is 691. The normalized spacial score (nSPS) is 12.6. The Hall–Kier alpha value is -2.13. The Morgan fingerprint density at radius 3 is 2.67 bits per heavy atom. The van der Waals surface area contributed by atoms with E-state index >= 15 is 0 Å². The molecule has 1 heterocycles. The lowest BCUT2D eigenvalue weighted by atomic mass is 10.1. The van der Waals surface area contributed by atoms with Crippen LogP contribution in [0, 0.1) is 0 Å². The van der Waals surface area contributed by atoms with Crippen molar-refractivity contribution in [1.82, 2.24) is 10.5 Å². The Morgan fingerprint density at radius 1 is 1.05 bits per heavy atom. The molecule has 0 fully saturated rings. The maximum absolute atomic E-state index is 5.32. The van der Waals surface area contributed by atoms with E-state index in [9.17, 15) is 0 Å². The summed E-state index contributed by atoms with van der Waals surface area (Å²) in [6, 6.07) is 19.0. The fourth-order valence-electron chi connectivity index (χ4n) is 2.47. The van der Waals surface area contributed by atoms with E-state index in [4.69, 9.17) is 4.52 Å². The van der Waals surface area contributed by atoms with E-state index in [0.717, 1.165) is 36.0 Å². The summed E-state index contributed by atoms with van der Waals surface area (Å²) in [5.41, 5.74) is 3.22. The van der Waals surface area contributed by atoms with Gasteiger partial charge in [0.1, 0.15) is 5.69 Å². The van der Waals surface area contributed by atoms with Crippen LogP contribution in [0.3, 0.4) is 0 Å². The molecule has 0 aliphatic carbocycles. The second kappa shape index (κ2) is 6.55. The van der Waals surface area contributed by atoms with Crippen LogP contribution in [0.4, 0.5) is 0 Å². The average Bonchev–Trinajstić information content (AvgIpc) is 2.95. The van der Waals surface area contributed by atoms with Crippen LogP contribution in [-0.2, 0) is 13.0 Å². The Kier molecular flexibility index (Phi) is 4.31. The first-order chi connectivity index (χ1) is 10.3. The van der Waals surface area contributed by atoms with Crippen molar-refractivity contribution in [2.45, 2.75) is 32.4 Å². The molecule has 1 aromatic heterocycles. The van der Waals surface area contributed by atoms with Crippen molar-refractivity contribution in [1.29, 1.82) is 0 Å². The van der Waals surface area contributed by atoms with Crippen molar-refractivity contribution in [3.63, 3.8) is 0 Å². The Balaban J connectivity index is 1.53. The maximum atomic E-state index is 5.32. The van der Waals surface area contributed by atoms with Crippen molar-refractivity contribution in [3.05, 3.63) is 65.9 Å². The monoisotopic (exact) mass is 280 g/mol. The molecule has 0 spiro atoms. The molecule has 0 bridgehead atoms. The second-order valence-corrected chi connectivity index (χ2v) is 5.43. The Labute approximate surface area is 125 Å². The topological polar surface area (TPSA) is 38.1 Å². The molecule has 3 heteroatoms. The number of aryl methyl sites for hydroxylation is 1. The van der Waals surface area contributed by atoms with Gasteiger partial charge < -0.3 is 9.84 Å². The number of nitrogens with one attached hydrogen (secondary N) is 1. The molecule has 1 atom stereocenters. The van der Waals surface area contributed by atoms with E-state index in [1.807, 2.05) is 18.2 Å². The van der Waals surface area contributed by atoms with E-state index in [-0.39, 0.29) is 0 Å². The summed E-state index contributed by atoms with van der Waals surface area (Å²) >= 11 is 0. The third-order valence-electron chi connectivity index (χ3n) is 3.78. The minimum absolute atomic E-state index is 0.445. The zero-order chi connectivity index (χ0) is 14.5. The van der Waals surface area contributed by atoms with Crippen LogP contribution in [0.25, 0.3) is 11.0 Å². The van der Waals surface area contributed by atoms with Crippen molar-refractivity contribution in [2.24, 2.45) is 0 Å². The number of hydrogen-bond donors (Lipinski definition) is 1. The summed E-state index contributed by atoms with van der Waals surface area (Å²) < 4.78 is 5.32. The third kappa shape index (κ3) is 3.50. The lowest BCUT2D eigenvalue weighted by molar-refractivity contribution is 0.432. The molecule has 0 aliphatic rings. The van der Waals surface area contributed by atoms with E-state index in [1.165, 1.54) is 5.56 Å². The minimum atomic E-state index is 0.445. The standard InChI is InChI=1S/C18H20N2O/c1-14(11-12-15-7-3-2-4-8-15)19-13-17-16-9-5-6-10-18(16)21-20-17/h2-10,14,19H,11-13H2,1H3. The largest absolute Gasteiger partial charge is 0.356 e. The van der Waals surface area contributed by atoms with Gasteiger partial charge in [-0.15, -0.1) is 0 Å². The van der Waals surface area contributed by atoms with Gasteiger partial charge >= 0.3 is 0 Å². The van der Waals surface area contributed by atoms with Crippen LogP contribution in [-0.4, -0.2) is 11.2 Å². The van der Waals surface area contributed by atoms with Crippen LogP contribution in [0.1, 0.15) is 24.6 Å². The number of para-hydroxylation sites is 1. The predicted molar refractivity (Wildman–Crippen MR) is 85.1 cm³/mol. The van der Waals surface area contributed by atoms with Crippen molar-refractivity contribution >= 4 is 11.0 Å². The molecule has 0 radical (unpaired) electrons. The average molecular weight is 280 g/mol. The summed E-state index contributed by atoms with van der Waals surface area (Å²) in [6.07, 6.45) is 2.20. The number of aromatic nitrogens is 1. The molecular formula is C18H20N2O. The highest BCUT2D eigenvalue weighted by Gasteiger charge is 2.08. The van der Waals surface area contributed by atoms with Gasteiger partial charge in [-0.2, -0.15) is 0 Å². The van der Waals surface area contributed by atoms with Gasteiger partial charge in [-0.3, -0.25) is 0 Å². The number of rotatable bonds is 6. The molecule has 0 amide bonds. The maximum Gasteiger partial charge on any atom is 0.167 e. The number of fused-ring (bicyclic) bond motifs is 1. The SMILES string of the molecule is CC(CCc1ccccc1)NCc1noc2ccccc12. The van der Waals surface area contributed by atoms with Crippen LogP contribution < -0.4 is 5.32 Å². The first-order valence-corrected chi connectivity index (χ1v) is 7.43. The molecule has 108 valence electrons. The quantitative estimate of drug-likeness (QED) is 0.743. The van der Waals surface area contributed by atoms with Crippen molar-refractivity contribution in [3.8, 4) is 0 Å². The fraction of sp³-hybridized carbons (Fsp3) is 0.278. The molecule has 1 unspecified atom stereocenters. The van der Waals surface area contributed by atoms with Gasteiger partial charge in [0, 0.05) is 18.0 Å². The van der Waals surface area contributed by atoms with Crippen LogP contribution in [0.15, 0.2) is 59.1 Å². The number of hydrogen-bond acceptors (Lipinski definition) is 3. The van der Waals surface area contributed by atoms with E-state index in [2.05, 4.69) is 53.8 Å². The molecule has 2 aromatic carbocycles. The van der Waals surface area contributed by atoms with Crippen LogP contribution in [0.2, 0.25) is 0 Å². The van der Waals surface area contributed by atoms with E-state index in [1.54, 1.807) is 0 Å². The number of benzene rings is 2. The lowest BCUT2D eigenvalue weighted by Gasteiger charge is -2.12. The van der Waals surface area contributed by atoms with Crippen LogP contribution >= 0.6 is 0 Å². The first-order valence-electron chi connectivity index (χ1n) is 7.43. The summed E-state index contributed by atoms with van der Waals surface area (Å²) in [7, 11) is 0. The van der Waals surface area contributed by atoms with Gasteiger partial charge in [-0.05, 0) is 37.5 Å². The highest BCUT2D eigenvalue weighted by Crippen LogP contribution is 2.17. The minimum Gasteiger partial charge on any atom is -0.356 e. The summed E-state index contributed by atoms with van der Waals surface area (Å²) in [6.45, 7) is 2.96. The molecule has 0 aliphatic heterocycles. The molecule has 0 saturated heterocycles. The van der Waals surface area contributed by atoms with Gasteiger partial charge in [0.2, 0.25) is 0 Å². The van der Waals surface area contributed by atoms with E-state index < -0.39 is 0 Å². The molecule has 1 N–H and O–H groups in total. The highest BCUT2D eigenvalue weighted by molar-refractivity contribution is 5.79. The van der Waals surface area contributed by atoms with Crippen molar-refractivity contribution < 1.29 is 4.52 Å². The molecule has 3 aromatic rings. The third-order valence-corrected chi connectivity index (χ3v) is 3.78. The summed E-state index contributed by atoms with van der Waals surface area (Å²) in [4.78, 5) is 0. The zero-order valence-corrected chi connectivity index (χ0v) is 12.3. The smallest absolute Gasteiger partial charge is 0.167 e. The number of nitrogens with zero attached hydrogens (tertiary/aromatic N) is 1. The molecule has 0 saturated carbocycles. The highest BCUT2D eigenvalue weighted by atomic mass is 16.5. The summed E-state index contributed by atoms with van der Waals surface area (Å²) in [5.74, 6) is 0. The molecule has 3 nitrogen and oxygen atoms in total. The second-order valence-electron chi connectivity index (χ2n) is 5.43. The molecule has 21 heavy (non-hydrogen) atoms. The van der Waals surface area contributed by atoms with Gasteiger partial charge in [0.15, 0.2) is 5.58 Å². The van der Waals surface area contributed by atoms with Gasteiger partial charge in [0.05, 0.1) is 0 Å². The molecule has 3 rings (SSSR count). The van der Waals surface area contributed by atoms with Gasteiger partial charge in [-0.1, -0.05) is 47.6 Å². The lowest BCUT2D eigenvalue weighted by Crippen LogP contribution is -2.26. The molecular weight excluding hydrogens is 260 g/mol.